The minimum Gasteiger partial charge on any atom is -0.368 e. The Hall–Kier alpha value is -2.31. The van der Waals surface area contributed by atoms with E-state index in [9.17, 15) is 9.59 Å². The Morgan fingerprint density at radius 3 is 2.68 bits per heavy atom. The van der Waals surface area contributed by atoms with Gasteiger partial charge in [-0.05, 0) is 31.5 Å². The lowest BCUT2D eigenvalue weighted by atomic mass is 9.96. The first kappa shape index (κ1) is 19.0. The molecule has 2 atom stereocenters. The fraction of sp³-hybridized carbons (Fsp3) is 0.278. The second kappa shape index (κ2) is 8.18. The van der Waals surface area contributed by atoms with Gasteiger partial charge in [-0.25, -0.2) is 4.39 Å². The lowest BCUT2D eigenvalue weighted by Crippen LogP contribution is -2.41. The molecule has 25 heavy (non-hydrogen) atoms. The van der Waals surface area contributed by atoms with Gasteiger partial charge in [0, 0.05) is 32.4 Å². The molecule has 0 bridgehead atoms. The van der Waals surface area contributed by atoms with E-state index in [0.717, 1.165) is 0 Å². The highest BCUT2D eigenvalue weighted by Gasteiger charge is 2.25. The smallest absolute Gasteiger partial charge is 0.234 e. The number of rotatable bonds is 7. The van der Waals surface area contributed by atoms with Gasteiger partial charge in [-0.15, -0.1) is 0 Å². The minimum atomic E-state index is -0.711. The number of hydrogen-bond acceptors (Lipinski definition) is 4. The van der Waals surface area contributed by atoms with Crippen LogP contribution < -0.4 is 11.1 Å². The van der Waals surface area contributed by atoms with Crippen molar-refractivity contribution in [2.75, 3.05) is 0 Å². The number of pyridine rings is 1. The summed E-state index contributed by atoms with van der Waals surface area (Å²) in [4.78, 5) is 27.8. The first-order chi connectivity index (χ1) is 11.9. The van der Waals surface area contributed by atoms with Gasteiger partial charge in [-0.1, -0.05) is 24.6 Å². The van der Waals surface area contributed by atoms with E-state index in [1.54, 1.807) is 19.1 Å². The summed E-state index contributed by atoms with van der Waals surface area (Å²) < 4.78 is 15.1. The molecule has 5 nitrogen and oxygen atoms in total. The van der Waals surface area contributed by atoms with Crippen LogP contribution in [0.3, 0.4) is 0 Å². The van der Waals surface area contributed by atoms with Crippen LogP contribution in [0.5, 0.6) is 0 Å². The Kier molecular flexibility index (Phi) is 6.22. The zero-order chi connectivity index (χ0) is 18.6. The van der Waals surface area contributed by atoms with Gasteiger partial charge in [-0.3, -0.25) is 19.9 Å². The second-order valence-electron chi connectivity index (χ2n) is 5.65. The summed E-state index contributed by atoms with van der Waals surface area (Å²) >= 11 is 6.07. The molecular formula is C18H23ClFN3O2. The zero-order valence-electron chi connectivity index (χ0n) is 13.9. The van der Waals surface area contributed by atoms with Crippen molar-refractivity contribution in [1.29, 1.82) is 0 Å². The fourth-order valence-electron chi connectivity index (χ4n) is 2.50. The van der Waals surface area contributed by atoms with E-state index in [2.05, 4.69) is 10.3 Å². The van der Waals surface area contributed by atoms with E-state index in [4.69, 9.17) is 17.3 Å². The molecule has 0 saturated heterocycles. The number of amides is 1. The van der Waals surface area contributed by atoms with Crippen molar-refractivity contribution in [2.24, 2.45) is 5.73 Å². The number of carbonyl (C=O) groups is 2. The van der Waals surface area contributed by atoms with Crippen LogP contribution in [0, 0.1) is 5.82 Å². The Morgan fingerprint density at radius 2 is 2.12 bits per heavy atom. The largest absolute Gasteiger partial charge is 0.368 e. The van der Waals surface area contributed by atoms with Gasteiger partial charge < -0.3 is 5.73 Å². The standard InChI is InChI=1S/C18H19ClFN3O2.2H2/c1-3-14(23-10(2)18(21)25)12-6-7-13(19)15(16(12)20)17(24)11-5-4-8-22-9-11;;/h4-10,14,23H,3H2,1-2H3,(H2,21,25);2*1H/t10-,14+;;/m0../s1. The molecule has 0 aliphatic rings. The normalized spacial score (nSPS) is 13.3. The molecule has 1 aromatic heterocycles. The molecular weight excluding hydrogens is 345 g/mol. The maximum absolute atomic E-state index is 15.1. The highest BCUT2D eigenvalue weighted by Crippen LogP contribution is 2.29. The van der Waals surface area contributed by atoms with Crippen LogP contribution in [0.2, 0.25) is 5.02 Å². The van der Waals surface area contributed by atoms with Gasteiger partial charge in [0.25, 0.3) is 0 Å². The molecule has 136 valence electrons. The minimum absolute atomic E-state index is 0. The van der Waals surface area contributed by atoms with Crippen molar-refractivity contribution < 1.29 is 16.8 Å². The summed E-state index contributed by atoms with van der Waals surface area (Å²) in [5.74, 6) is -1.80. The molecule has 0 fully saturated rings. The van der Waals surface area contributed by atoms with Crippen LogP contribution in [-0.2, 0) is 4.79 Å². The van der Waals surface area contributed by atoms with Crippen molar-refractivity contribution >= 4 is 23.3 Å². The quantitative estimate of drug-likeness (QED) is 0.733. The summed E-state index contributed by atoms with van der Waals surface area (Å²) in [5.41, 5.74) is 5.55. The number of primary amides is 1. The van der Waals surface area contributed by atoms with Gasteiger partial charge in [0.1, 0.15) is 5.82 Å². The molecule has 2 aromatic rings. The van der Waals surface area contributed by atoms with E-state index in [1.165, 1.54) is 24.5 Å². The average molecular weight is 368 g/mol. The second-order valence-corrected chi connectivity index (χ2v) is 6.06. The molecule has 0 aliphatic carbocycles. The fourth-order valence-corrected chi connectivity index (χ4v) is 2.73. The first-order valence-corrected chi connectivity index (χ1v) is 8.22. The molecule has 0 spiro atoms. The Bertz CT molecular complexity index is 794. The third-order valence-corrected chi connectivity index (χ3v) is 4.25. The van der Waals surface area contributed by atoms with Gasteiger partial charge >= 0.3 is 0 Å². The molecule has 7 heteroatoms. The molecule has 0 aliphatic heterocycles. The maximum Gasteiger partial charge on any atom is 0.234 e. The summed E-state index contributed by atoms with van der Waals surface area (Å²) in [5, 5.41) is 2.99. The van der Waals surface area contributed by atoms with E-state index >= 15 is 4.39 Å². The van der Waals surface area contributed by atoms with Gasteiger partial charge in [0.2, 0.25) is 5.91 Å². The van der Waals surface area contributed by atoms with Crippen molar-refractivity contribution in [3.8, 4) is 0 Å². The third-order valence-electron chi connectivity index (χ3n) is 3.93. The Balaban J connectivity index is 0.00000338. The highest BCUT2D eigenvalue weighted by molar-refractivity contribution is 6.35. The van der Waals surface area contributed by atoms with Crippen LogP contribution in [-0.4, -0.2) is 22.7 Å². The Morgan fingerprint density at radius 1 is 1.40 bits per heavy atom. The van der Waals surface area contributed by atoms with Crippen molar-refractivity contribution in [3.63, 3.8) is 0 Å². The Labute approximate surface area is 153 Å². The van der Waals surface area contributed by atoms with E-state index in [1.807, 2.05) is 6.92 Å². The number of benzene rings is 1. The lowest BCUT2D eigenvalue weighted by molar-refractivity contribution is -0.119. The van der Waals surface area contributed by atoms with Crippen LogP contribution in [0.1, 0.15) is 50.6 Å². The molecule has 0 unspecified atom stereocenters. The number of nitrogens with two attached hydrogens (primary N) is 1. The predicted octanol–water partition coefficient (Wildman–Crippen LogP) is 3.51. The molecule has 1 heterocycles. The van der Waals surface area contributed by atoms with E-state index < -0.39 is 29.6 Å². The van der Waals surface area contributed by atoms with Gasteiger partial charge in [0.05, 0.1) is 16.6 Å². The van der Waals surface area contributed by atoms with Crippen LogP contribution in [0.15, 0.2) is 36.7 Å². The summed E-state index contributed by atoms with van der Waals surface area (Å²) in [6.07, 6.45) is 3.37. The van der Waals surface area contributed by atoms with Crippen molar-refractivity contribution in [1.82, 2.24) is 10.3 Å². The van der Waals surface area contributed by atoms with Crippen LogP contribution in [0.4, 0.5) is 4.39 Å². The number of carbonyl (C=O) groups excluding carboxylic acids is 2. The SMILES string of the molecule is CC[C@@H](N[C@@H](C)C(N)=O)c1ccc(Cl)c(C(=O)c2cccnc2)c1F.[HH].[HH]. The molecule has 1 aromatic carbocycles. The number of ketones is 1. The maximum atomic E-state index is 15.1. The van der Waals surface area contributed by atoms with Gasteiger partial charge in [0.15, 0.2) is 5.78 Å². The first-order valence-electron chi connectivity index (χ1n) is 7.84. The number of nitrogens with one attached hydrogen (secondary N) is 1. The zero-order valence-corrected chi connectivity index (χ0v) is 14.7. The van der Waals surface area contributed by atoms with Crippen molar-refractivity contribution in [2.45, 2.75) is 32.4 Å². The number of nitrogens with zero attached hydrogens (tertiary/aromatic N) is 1. The van der Waals surface area contributed by atoms with Gasteiger partial charge in [-0.2, -0.15) is 0 Å². The summed E-state index contributed by atoms with van der Waals surface area (Å²) in [6, 6.07) is 4.99. The highest BCUT2D eigenvalue weighted by atomic mass is 35.5. The lowest BCUT2D eigenvalue weighted by Gasteiger charge is -2.22. The van der Waals surface area contributed by atoms with E-state index in [-0.39, 0.29) is 24.6 Å². The topological polar surface area (TPSA) is 85.1 Å². The molecule has 1 amide bonds. The van der Waals surface area contributed by atoms with Crippen molar-refractivity contribution in [3.05, 3.63) is 64.2 Å². The molecule has 3 N–H and O–H groups in total. The van der Waals surface area contributed by atoms with Crippen LogP contribution in [0.25, 0.3) is 0 Å². The van der Waals surface area contributed by atoms with E-state index in [0.29, 0.717) is 6.42 Å². The predicted molar refractivity (Wildman–Crippen MR) is 98.1 cm³/mol. The monoisotopic (exact) mass is 367 g/mol. The number of aromatic nitrogens is 1. The number of hydrogen-bond donors (Lipinski definition) is 2. The summed E-state index contributed by atoms with van der Waals surface area (Å²) in [6.45, 7) is 3.43. The summed E-state index contributed by atoms with van der Waals surface area (Å²) in [7, 11) is 0. The molecule has 2 rings (SSSR count). The number of halogens is 2. The molecule has 0 radical (unpaired) electrons. The molecule has 0 saturated carbocycles. The van der Waals surface area contributed by atoms with Crippen LogP contribution >= 0.6 is 11.6 Å². The average Bonchev–Trinajstić information content (AvgIpc) is 2.60. The third kappa shape index (κ3) is 4.21.